The molecule has 0 aliphatic heterocycles. The van der Waals surface area contributed by atoms with Crippen molar-refractivity contribution in [2.45, 2.75) is 6.54 Å². The van der Waals surface area contributed by atoms with Gasteiger partial charge in [0.25, 0.3) is 0 Å². The highest BCUT2D eigenvalue weighted by atomic mass is 79.9. The Hall–Kier alpha value is -2.16. The van der Waals surface area contributed by atoms with Crippen LogP contribution in [0.2, 0.25) is 0 Å². The van der Waals surface area contributed by atoms with Gasteiger partial charge in [0.15, 0.2) is 5.69 Å². The predicted molar refractivity (Wildman–Crippen MR) is 73.1 cm³/mol. The summed E-state index contributed by atoms with van der Waals surface area (Å²) in [6, 6.07) is 0. The molecule has 0 atom stereocenters. The van der Waals surface area contributed by atoms with Gasteiger partial charge >= 0.3 is 5.97 Å². The number of aromatic nitrogens is 4. The highest BCUT2D eigenvalue weighted by Crippen LogP contribution is 2.14. The van der Waals surface area contributed by atoms with Crippen molar-refractivity contribution in [1.82, 2.24) is 19.6 Å². The molecule has 0 unspecified atom stereocenters. The molecule has 1 amide bonds. The summed E-state index contributed by atoms with van der Waals surface area (Å²) in [6.07, 6.45) is 4.78. The first kappa shape index (κ1) is 14.3. The molecule has 0 bridgehead atoms. The number of anilines is 1. The Morgan fingerprint density at radius 3 is 2.80 bits per heavy atom. The minimum atomic E-state index is -0.609. The average molecular weight is 342 g/mol. The van der Waals surface area contributed by atoms with Crippen LogP contribution in [0.15, 0.2) is 23.1 Å². The molecule has 106 valence electrons. The van der Waals surface area contributed by atoms with Crippen molar-refractivity contribution in [1.29, 1.82) is 0 Å². The maximum absolute atomic E-state index is 11.9. The summed E-state index contributed by atoms with van der Waals surface area (Å²) in [5, 5.41) is 10.5. The summed E-state index contributed by atoms with van der Waals surface area (Å²) in [5.41, 5.74) is 0.362. The molecule has 0 saturated carbocycles. The molecule has 1 N–H and O–H groups in total. The highest BCUT2D eigenvalue weighted by Gasteiger charge is 2.18. The molecule has 2 heterocycles. The van der Waals surface area contributed by atoms with Crippen LogP contribution in [-0.4, -0.2) is 38.5 Å². The second-order valence-corrected chi connectivity index (χ2v) is 4.88. The predicted octanol–water partition coefficient (Wildman–Crippen LogP) is 0.804. The van der Waals surface area contributed by atoms with Crippen LogP contribution < -0.4 is 5.32 Å². The van der Waals surface area contributed by atoms with E-state index in [1.807, 2.05) is 0 Å². The van der Waals surface area contributed by atoms with Crippen LogP contribution in [0, 0.1) is 0 Å². The SMILES string of the molecule is COC(=O)c1nn(C)cc1NC(=O)Cn1cc(Br)cn1. The molecule has 0 radical (unpaired) electrons. The molecule has 0 fully saturated rings. The van der Waals surface area contributed by atoms with Gasteiger partial charge < -0.3 is 10.1 Å². The molecule has 9 heteroatoms. The Bertz CT molecular complexity index is 648. The van der Waals surface area contributed by atoms with Crippen LogP contribution in [-0.2, 0) is 23.1 Å². The molecule has 0 spiro atoms. The molecular weight excluding hydrogens is 330 g/mol. The number of nitrogens with one attached hydrogen (secondary N) is 1. The van der Waals surface area contributed by atoms with Gasteiger partial charge in [-0.1, -0.05) is 0 Å². The largest absolute Gasteiger partial charge is 0.464 e. The summed E-state index contributed by atoms with van der Waals surface area (Å²) in [4.78, 5) is 23.4. The van der Waals surface area contributed by atoms with Crippen molar-refractivity contribution < 1.29 is 14.3 Å². The number of aryl methyl sites for hydroxylation is 1. The Morgan fingerprint density at radius 1 is 1.45 bits per heavy atom. The van der Waals surface area contributed by atoms with Crippen LogP contribution in [0.4, 0.5) is 5.69 Å². The lowest BCUT2D eigenvalue weighted by molar-refractivity contribution is -0.116. The van der Waals surface area contributed by atoms with Gasteiger partial charge in [0, 0.05) is 19.4 Å². The molecule has 0 aromatic carbocycles. The molecule has 2 rings (SSSR count). The fourth-order valence-electron chi connectivity index (χ4n) is 1.59. The van der Waals surface area contributed by atoms with Crippen molar-refractivity contribution in [3.63, 3.8) is 0 Å². The molecule has 8 nitrogen and oxygen atoms in total. The van der Waals surface area contributed by atoms with Crippen molar-refractivity contribution in [3.8, 4) is 0 Å². The van der Waals surface area contributed by atoms with E-state index in [0.717, 1.165) is 4.47 Å². The van der Waals surface area contributed by atoms with E-state index in [1.54, 1.807) is 19.4 Å². The zero-order valence-electron chi connectivity index (χ0n) is 10.8. The molecule has 0 saturated heterocycles. The third kappa shape index (κ3) is 3.23. The molecular formula is C11H12BrN5O3. The van der Waals surface area contributed by atoms with Crippen LogP contribution in [0.3, 0.4) is 0 Å². The minimum Gasteiger partial charge on any atom is -0.464 e. The minimum absolute atomic E-state index is 0.0289. The second-order valence-electron chi connectivity index (χ2n) is 3.96. The van der Waals surface area contributed by atoms with Crippen molar-refractivity contribution in [3.05, 3.63) is 28.8 Å². The Morgan fingerprint density at radius 2 is 2.20 bits per heavy atom. The van der Waals surface area contributed by atoms with Gasteiger partial charge in [0.1, 0.15) is 6.54 Å². The van der Waals surface area contributed by atoms with E-state index >= 15 is 0 Å². The van der Waals surface area contributed by atoms with Crippen molar-refractivity contribution in [2.24, 2.45) is 7.05 Å². The quantitative estimate of drug-likeness (QED) is 0.830. The molecule has 20 heavy (non-hydrogen) atoms. The number of hydrogen-bond donors (Lipinski definition) is 1. The number of rotatable bonds is 4. The number of halogens is 1. The maximum atomic E-state index is 11.9. The summed E-state index contributed by atoms with van der Waals surface area (Å²) < 4.78 is 8.27. The van der Waals surface area contributed by atoms with Crippen molar-refractivity contribution >= 4 is 33.5 Å². The van der Waals surface area contributed by atoms with E-state index in [4.69, 9.17) is 0 Å². The summed E-state index contributed by atoms with van der Waals surface area (Å²) in [5.74, 6) is -0.929. The third-order valence-electron chi connectivity index (χ3n) is 2.39. The zero-order valence-corrected chi connectivity index (χ0v) is 12.4. The number of nitrogens with zero attached hydrogens (tertiary/aromatic N) is 4. The summed E-state index contributed by atoms with van der Waals surface area (Å²) in [6.45, 7) is 0.0289. The summed E-state index contributed by atoms with van der Waals surface area (Å²) >= 11 is 3.24. The van der Waals surface area contributed by atoms with Crippen molar-refractivity contribution in [2.75, 3.05) is 12.4 Å². The first-order valence-corrected chi connectivity index (χ1v) is 6.38. The summed E-state index contributed by atoms with van der Waals surface area (Å²) in [7, 11) is 2.90. The Balaban J connectivity index is 2.09. The zero-order chi connectivity index (χ0) is 14.7. The van der Waals surface area contributed by atoms with E-state index in [0.29, 0.717) is 5.69 Å². The lowest BCUT2D eigenvalue weighted by Crippen LogP contribution is -2.20. The van der Waals surface area contributed by atoms with Gasteiger partial charge in [-0.25, -0.2) is 4.79 Å². The third-order valence-corrected chi connectivity index (χ3v) is 2.80. The number of esters is 1. The van der Waals surface area contributed by atoms with Crippen LogP contribution in [0.5, 0.6) is 0 Å². The van der Waals surface area contributed by atoms with E-state index in [-0.39, 0.29) is 18.1 Å². The van der Waals surface area contributed by atoms with E-state index in [2.05, 4.69) is 36.2 Å². The second kappa shape index (κ2) is 5.87. The van der Waals surface area contributed by atoms with Gasteiger partial charge in [-0.2, -0.15) is 10.2 Å². The van der Waals surface area contributed by atoms with Gasteiger partial charge in [-0.3, -0.25) is 14.2 Å². The lowest BCUT2D eigenvalue weighted by Gasteiger charge is -2.04. The fraction of sp³-hybridized carbons (Fsp3) is 0.273. The van der Waals surface area contributed by atoms with Gasteiger partial charge in [0.05, 0.1) is 23.5 Å². The van der Waals surface area contributed by atoms with Gasteiger partial charge in [-0.15, -0.1) is 0 Å². The van der Waals surface area contributed by atoms with E-state index in [1.165, 1.54) is 22.7 Å². The Kier molecular flexibility index (Phi) is 4.18. The average Bonchev–Trinajstić information content (AvgIpc) is 2.94. The molecule has 2 aromatic heterocycles. The van der Waals surface area contributed by atoms with E-state index in [9.17, 15) is 9.59 Å². The monoisotopic (exact) mass is 341 g/mol. The molecule has 2 aromatic rings. The number of hydrogen-bond acceptors (Lipinski definition) is 5. The number of methoxy groups -OCH3 is 1. The number of carbonyl (C=O) groups is 2. The maximum Gasteiger partial charge on any atom is 0.360 e. The molecule has 0 aliphatic carbocycles. The fourth-order valence-corrected chi connectivity index (χ4v) is 1.92. The van der Waals surface area contributed by atoms with Gasteiger partial charge in [-0.05, 0) is 15.9 Å². The lowest BCUT2D eigenvalue weighted by atomic mass is 10.3. The van der Waals surface area contributed by atoms with Gasteiger partial charge in [0.2, 0.25) is 5.91 Å². The topological polar surface area (TPSA) is 91.0 Å². The van der Waals surface area contributed by atoms with E-state index < -0.39 is 5.97 Å². The standard InChI is InChI=1S/C11H12BrN5O3/c1-16-5-8(10(15-16)11(19)20-2)14-9(18)6-17-4-7(12)3-13-17/h3-5H,6H2,1-2H3,(H,14,18). The van der Waals surface area contributed by atoms with Crippen LogP contribution in [0.1, 0.15) is 10.5 Å². The smallest absolute Gasteiger partial charge is 0.360 e. The number of amides is 1. The molecule has 0 aliphatic rings. The number of ether oxygens (including phenoxy) is 1. The van der Waals surface area contributed by atoms with Crippen LogP contribution in [0.25, 0.3) is 0 Å². The first-order chi connectivity index (χ1) is 9.49. The Labute approximate surface area is 122 Å². The highest BCUT2D eigenvalue weighted by molar-refractivity contribution is 9.10. The normalized spacial score (nSPS) is 10.3. The van der Waals surface area contributed by atoms with Crippen LogP contribution >= 0.6 is 15.9 Å². The number of carbonyl (C=O) groups excluding carboxylic acids is 2. The first-order valence-electron chi connectivity index (χ1n) is 5.59.